The fourth-order valence-electron chi connectivity index (χ4n) is 3.23. The largest absolute Gasteiger partial charge is 0.332 e. The van der Waals surface area contributed by atoms with Gasteiger partial charge in [-0.05, 0) is 48.9 Å². The van der Waals surface area contributed by atoms with Crippen LogP contribution in [0.3, 0.4) is 0 Å². The molecule has 134 valence electrons. The van der Waals surface area contributed by atoms with Crippen molar-refractivity contribution < 1.29 is 4.79 Å². The zero-order valence-corrected chi connectivity index (χ0v) is 15.5. The molecule has 2 aromatic carbocycles. The van der Waals surface area contributed by atoms with Crippen LogP contribution in [0.4, 0.5) is 0 Å². The van der Waals surface area contributed by atoms with E-state index in [4.69, 9.17) is 5.73 Å². The van der Waals surface area contributed by atoms with E-state index in [-0.39, 0.29) is 24.4 Å². The number of amides is 1. The minimum Gasteiger partial charge on any atom is -0.332 e. The zero-order valence-electron chi connectivity index (χ0n) is 14.7. The summed E-state index contributed by atoms with van der Waals surface area (Å²) in [5, 5.41) is 0. The van der Waals surface area contributed by atoms with Gasteiger partial charge in [-0.25, -0.2) is 0 Å². The predicted molar refractivity (Wildman–Crippen MR) is 105 cm³/mol. The van der Waals surface area contributed by atoms with Crippen molar-refractivity contribution in [2.75, 3.05) is 6.54 Å². The van der Waals surface area contributed by atoms with Crippen LogP contribution in [0.1, 0.15) is 53.7 Å². The fraction of sp³-hybridized carbons (Fsp3) is 0.381. The number of hydrogen-bond acceptors (Lipinski definition) is 2. The standard InChI is InChI=1S/C21H26N2O.ClH/c1-16(19-8-3-2-4-9-19)23(15-18-6-5-7-18)21(24)20-12-10-17(14-22)11-13-20;/h2-4,8-13,16,18H,5-7,14-15,22H2,1H3;1H. The molecular weight excluding hydrogens is 332 g/mol. The zero-order chi connectivity index (χ0) is 16.9. The molecule has 1 aliphatic rings. The summed E-state index contributed by atoms with van der Waals surface area (Å²) in [6.45, 7) is 3.47. The Kier molecular flexibility index (Phi) is 7.03. The van der Waals surface area contributed by atoms with Crippen LogP contribution in [0.15, 0.2) is 54.6 Å². The first-order valence-corrected chi connectivity index (χ1v) is 8.84. The molecular formula is C21H27ClN2O. The Morgan fingerprint density at radius 1 is 1.12 bits per heavy atom. The summed E-state index contributed by atoms with van der Waals surface area (Å²) in [5.41, 5.74) is 8.63. The highest BCUT2D eigenvalue weighted by Gasteiger charge is 2.28. The van der Waals surface area contributed by atoms with Crippen molar-refractivity contribution in [2.45, 2.75) is 38.8 Å². The molecule has 1 amide bonds. The Bertz CT molecular complexity index is 668. The van der Waals surface area contributed by atoms with Crippen LogP contribution in [-0.4, -0.2) is 17.4 Å². The summed E-state index contributed by atoms with van der Waals surface area (Å²) in [7, 11) is 0. The van der Waals surface area contributed by atoms with Crippen LogP contribution < -0.4 is 5.73 Å². The van der Waals surface area contributed by atoms with Crippen LogP contribution in [0.5, 0.6) is 0 Å². The second-order valence-corrected chi connectivity index (χ2v) is 6.74. The first-order chi connectivity index (χ1) is 11.7. The van der Waals surface area contributed by atoms with E-state index < -0.39 is 0 Å². The van der Waals surface area contributed by atoms with Gasteiger partial charge in [-0.3, -0.25) is 4.79 Å². The average Bonchev–Trinajstić information content (AvgIpc) is 2.61. The van der Waals surface area contributed by atoms with E-state index in [1.807, 2.05) is 47.4 Å². The van der Waals surface area contributed by atoms with Crippen molar-refractivity contribution in [2.24, 2.45) is 11.7 Å². The van der Waals surface area contributed by atoms with Gasteiger partial charge in [0.15, 0.2) is 0 Å². The van der Waals surface area contributed by atoms with Crippen molar-refractivity contribution in [3.8, 4) is 0 Å². The molecule has 1 saturated carbocycles. The summed E-state index contributed by atoms with van der Waals surface area (Å²) in [4.78, 5) is 15.2. The Morgan fingerprint density at radius 3 is 2.28 bits per heavy atom. The van der Waals surface area contributed by atoms with Crippen molar-refractivity contribution in [1.82, 2.24) is 4.90 Å². The van der Waals surface area contributed by atoms with E-state index in [0.717, 1.165) is 17.7 Å². The lowest BCUT2D eigenvalue weighted by Crippen LogP contribution is -2.39. The summed E-state index contributed by atoms with van der Waals surface area (Å²) >= 11 is 0. The SMILES string of the molecule is CC(c1ccccc1)N(CC1CCC1)C(=O)c1ccc(CN)cc1.Cl. The maximum absolute atomic E-state index is 13.1. The monoisotopic (exact) mass is 358 g/mol. The topological polar surface area (TPSA) is 46.3 Å². The van der Waals surface area contributed by atoms with Gasteiger partial charge in [0.1, 0.15) is 0 Å². The Hall–Kier alpha value is -1.84. The number of nitrogens with zero attached hydrogens (tertiary/aromatic N) is 1. The predicted octanol–water partition coefficient (Wildman–Crippen LogP) is 4.57. The summed E-state index contributed by atoms with van der Waals surface area (Å²) in [6.07, 6.45) is 3.76. The van der Waals surface area contributed by atoms with Crippen LogP contribution in [0, 0.1) is 5.92 Å². The number of nitrogens with two attached hydrogens (primary N) is 1. The van der Waals surface area contributed by atoms with Crippen LogP contribution in [0.2, 0.25) is 0 Å². The molecule has 1 unspecified atom stereocenters. The fourth-order valence-corrected chi connectivity index (χ4v) is 3.23. The number of carbonyl (C=O) groups is 1. The molecule has 25 heavy (non-hydrogen) atoms. The first-order valence-electron chi connectivity index (χ1n) is 8.84. The summed E-state index contributed by atoms with van der Waals surface area (Å²) in [6, 6.07) is 18.1. The number of hydrogen-bond donors (Lipinski definition) is 1. The number of carbonyl (C=O) groups excluding carboxylic acids is 1. The minimum absolute atomic E-state index is 0. The molecule has 2 N–H and O–H groups in total. The molecule has 1 atom stereocenters. The van der Waals surface area contributed by atoms with E-state index in [0.29, 0.717) is 12.5 Å². The van der Waals surface area contributed by atoms with E-state index in [1.165, 1.54) is 24.8 Å². The molecule has 2 aromatic rings. The smallest absolute Gasteiger partial charge is 0.254 e. The van der Waals surface area contributed by atoms with Gasteiger partial charge in [0, 0.05) is 18.7 Å². The van der Waals surface area contributed by atoms with Crippen LogP contribution in [0.25, 0.3) is 0 Å². The normalized spacial score (nSPS) is 15.0. The van der Waals surface area contributed by atoms with Crippen molar-refractivity contribution in [3.63, 3.8) is 0 Å². The second-order valence-electron chi connectivity index (χ2n) is 6.74. The van der Waals surface area contributed by atoms with Crippen LogP contribution >= 0.6 is 12.4 Å². The maximum atomic E-state index is 13.1. The molecule has 0 aliphatic heterocycles. The van der Waals surface area contributed by atoms with Crippen molar-refractivity contribution in [3.05, 3.63) is 71.3 Å². The Morgan fingerprint density at radius 2 is 1.76 bits per heavy atom. The van der Waals surface area contributed by atoms with Crippen molar-refractivity contribution in [1.29, 1.82) is 0 Å². The van der Waals surface area contributed by atoms with Gasteiger partial charge in [0.05, 0.1) is 6.04 Å². The van der Waals surface area contributed by atoms with Gasteiger partial charge in [0.2, 0.25) is 0 Å². The number of halogens is 1. The third-order valence-electron chi connectivity index (χ3n) is 5.13. The molecule has 1 fully saturated rings. The third kappa shape index (κ3) is 4.62. The van der Waals surface area contributed by atoms with Gasteiger partial charge in [-0.1, -0.05) is 48.9 Å². The lowest BCUT2D eigenvalue weighted by atomic mass is 9.84. The lowest BCUT2D eigenvalue weighted by Gasteiger charge is -2.36. The quantitative estimate of drug-likeness (QED) is 0.822. The molecule has 0 heterocycles. The van der Waals surface area contributed by atoms with E-state index >= 15 is 0 Å². The highest BCUT2D eigenvalue weighted by atomic mass is 35.5. The molecule has 0 bridgehead atoms. The van der Waals surface area contributed by atoms with Gasteiger partial charge in [0.25, 0.3) is 5.91 Å². The highest BCUT2D eigenvalue weighted by Crippen LogP contribution is 2.31. The molecule has 0 aromatic heterocycles. The minimum atomic E-state index is 0. The van der Waals surface area contributed by atoms with Gasteiger partial charge < -0.3 is 10.6 Å². The highest BCUT2D eigenvalue weighted by molar-refractivity contribution is 5.94. The molecule has 4 heteroatoms. The van der Waals surface area contributed by atoms with Gasteiger partial charge >= 0.3 is 0 Å². The van der Waals surface area contributed by atoms with E-state index in [2.05, 4.69) is 19.1 Å². The molecule has 0 saturated heterocycles. The lowest BCUT2D eigenvalue weighted by molar-refractivity contribution is 0.0613. The Balaban J connectivity index is 0.00000225. The molecule has 0 radical (unpaired) electrons. The van der Waals surface area contributed by atoms with Crippen LogP contribution in [-0.2, 0) is 6.54 Å². The molecule has 3 rings (SSSR count). The molecule has 1 aliphatic carbocycles. The van der Waals surface area contributed by atoms with Gasteiger partial charge in [-0.2, -0.15) is 0 Å². The van der Waals surface area contributed by atoms with Crippen molar-refractivity contribution >= 4 is 18.3 Å². The van der Waals surface area contributed by atoms with Gasteiger partial charge in [-0.15, -0.1) is 12.4 Å². The number of benzene rings is 2. The van der Waals surface area contributed by atoms with E-state index in [9.17, 15) is 4.79 Å². The summed E-state index contributed by atoms with van der Waals surface area (Å²) in [5.74, 6) is 0.755. The summed E-state index contributed by atoms with van der Waals surface area (Å²) < 4.78 is 0. The molecule has 0 spiro atoms. The molecule has 3 nitrogen and oxygen atoms in total. The first kappa shape index (κ1) is 19.5. The number of rotatable bonds is 6. The maximum Gasteiger partial charge on any atom is 0.254 e. The Labute approximate surface area is 156 Å². The third-order valence-corrected chi connectivity index (χ3v) is 5.13. The van der Waals surface area contributed by atoms with E-state index in [1.54, 1.807) is 0 Å². The average molecular weight is 359 g/mol. The second kappa shape index (κ2) is 9.02.